The number of likely N-dealkylation sites (N-methyl/N-ethyl adjacent to an activating group) is 1. The van der Waals surface area contributed by atoms with Crippen molar-refractivity contribution in [3.63, 3.8) is 0 Å². The predicted molar refractivity (Wildman–Crippen MR) is 59.5 cm³/mol. The van der Waals surface area contributed by atoms with Crippen molar-refractivity contribution in [2.75, 3.05) is 14.1 Å². The molecule has 15 heavy (non-hydrogen) atoms. The Morgan fingerprint density at radius 1 is 1.40 bits per heavy atom. The topological polar surface area (TPSA) is 52.6 Å². The Morgan fingerprint density at radius 2 is 1.93 bits per heavy atom. The largest absolute Gasteiger partial charge is 0.393 e. The monoisotopic (exact) mass is 214 g/mol. The highest BCUT2D eigenvalue weighted by molar-refractivity contribution is 5.82. The molecule has 0 heterocycles. The molecule has 1 aliphatic carbocycles. The number of aliphatic hydroxyl groups is 1. The molecule has 0 unspecified atom stereocenters. The highest BCUT2D eigenvalue weighted by Gasteiger charge is 2.32. The van der Waals surface area contributed by atoms with Crippen LogP contribution in [0.15, 0.2) is 0 Å². The summed E-state index contributed by atoms with van der Waals surface area (Å²) >= 11 is 0. The number of hydrogen-bond donors (Lipinski definition) is 2. The molecule has 0 radical (unpaired) electrons. The van der Waals surface area contributed by atoms with Gasteiger partial charge in [-0.2, -0.15) is 0 Å². The van der Waals surface area contributed by atoms with Gasteiger partial charge in [0.15, 0.2) is 0 Å². The maximum atomic E-state index is 11.9. The lowest BCUT2D eigenvalue weighted by molar-refractivity contribution is -0.129. The van der Waals surface area contributed by atoms with Crippen LogP contribution >= 0.6 is 0 Å². The van der Waals surface area contributed by atoms with Crippen LogP contribution in [0.4, 0.5) is 0 Å². The van der Waals surface area contributed by atoms with E-state index in [1.54, 1.807) is 0 Å². The highest BCUT2D eigenvalue weighted by atomic mass is 16.3. The fraction of sp³-hybridized carbons (Fsp3) is 0.909. The zero-order valence-electron chi connectivity index (χ0n) is 10.0. The molecule has 0 spiro atoms. The average Bonchev–Trinajstić information content (AvgIpc) is 1.99. The van der Waals surface area contributed by atoms with Crippen molar-refractivity contribution < 1.29 is 9.90 Å². The van der Waals surface area contributed by atoms with Crippen LogP contribution in [0, 0.1) is 5.92 Å². The fourth-order valence-electron chi connectivity index (χ4n) is 2.13. The van der Waals surface area contributed by atoms with Crippen molar-refractivity contribution >= 4 is 5.91 Å². The maximum absolute atomic E-state index is 11.9. The van der Waals surface area contributed by atoms with Gasteiger partial charge in [-0.15, -0.1) is 0 Å². The quantitative estimate of drug-likeness (QED) is 0.703. The number of nitrogens with zero attached hydrogens (tertiary/aromatic N) is 1. The van der Waals surface area contributed by atoms with Gasteiger partial charge in [0, 0.05) is 6.04 Å². The lowest BCUT2D eigenvalue weighted by Crippen LogP contribution is -2.54. The Labute approximate surface area is 91.6 Å². The van der Waals surface area contributed by atoms with Crippen molar-refractivity contribution in [3.8, 4) is 0 Å². The van der Waals surface area contributed by atoms with Gasteiger partial charge < -0.3 is 10.4 Å². The molecule has 4 heteroatoms. The van der Waals surface area contributed by atoms with Gasteiger partial charge in [-0.25, -0.2) is 0 Å². The van der Waals surface area contributed by atoms with Crippen LogP contribution in [-0.2, 0) is 4.79 Å². The van der Waals surface area contributed by atoms with Crippen molar-refractivity contribution in [2.24, 2.45) is 5.92 Å². The molecule has 0 aromatic rings. The van der Waals surface area contributed by atoms with Crippen LogP contribution in [0.25, 0.3) is 0 Å². The van der Waals surface area contributed by atoms with E-state index in [1.807, 2.05) is 32.8 Å². The van der Waals surface area contributed by atoms with Crippen molar-refractivity contribution in [1.82, 2.24) is 10.2 Å². The minimum Gasteiger partial charge on any atom is -0.393 e. The third kappa shape index (κ3) is 3.18. The van der Waals surface area contributed by atoms with Gasteiger partial charge in [0.2, 0.25) is 5.91 Å². The summed E-state index contributed by atoms with van der Waals surface area (Å²) in [7, 11) is 3.83. The molecule has 1 atom stereocenters. The molecule has 2 N–H and O–H groups in total. The Kier molecular flexibility index (Phi) is 4.11. The molecule has 0 bridgehead atoms. The molecule has 88 valence electrons. The first-order valence-electron chi connectivity index (χ1n) is 5.56. The summed E-state index contributed by atoms with van der Waals surface area (Å²) in [5, 5.41) is 12.1. The van der Waals surface area contributed by atoms with Crippen LogP contribution in [0.5, 0.6) is 0 Å². The normalized spacial score (nSPS) is 27.7. The molecular formula is C11H22N2O2. The van der Waals surface area contributed by atoms with Crippen LogP contribution in [0.1, 0.15) is 26.7 Å². The average molecular weight is 214 g/mol. The van der Waals surface area contributed by atoms with E-state index in [0.29, 0.717) is 18.8 Å². The molecule has 1 amide bonds. The Morgan fingerprint density at radius 3 is 2.27 bits per heavy atom. The lowest BCUT2D eigenvalue weighted by Gasteiger charge is -2.35. The van der Waals surface area contributed by atoms with E-state index in [4.69, 9.17) is 5.11 Å². The molecule has 0 saturated heterocycles. The number of amides is 1. The standard InChI is InChI=1S/C11H22N2O2/c1-7(2)10(13(3)4)11(15)12-8-5-9(14)6-8/h7-10,14H,5-6H2,1-4H3,(H,12,15)/t8?,9?,10-/m0/s1. The highest BCUT2D eigenvalue weighted by Crippen LogP contribution is 2.20. The van der Waals surface area contributed by atoms with Crippen LogP contribution in [0.3, 0.4) is 0 Å². The van der Waals surface area contributed by atoms with E-state index in [2.05, 4.69) is 5.32 Å². The second-order valence-corrected chi connectivity index (χ2v) is 4.98. The first-order chi connectivity index (χ1) is 6.91. The zero-order valence-corrected chi connectivity index (χ0v) is 10.0. The Balaban J connectivity index is 2.43. The van der Waals surface area contributed by atoms with E-state index in [0.717, 1.165) is 0 Å². The van der Waals surface area contributed by atoms with Gasteiger partial charge in [-0.1, -0.05) is 13.8 Å². The van der Waals surface area contributed by atoms with E-state index in [1.165, 1.54) is 0 Å². The van der Waals surface area contributed by atoms with Gasteiger partial charge in [-0.05, 0) is 32.9 Å². The fourth-order valence-corrected chi connectivity index (χ4v) is 2.13. The molecule has 1 fully saturated rings. The second-order valence-electron chi connectivity index (χ2n) is 4.98. The summed E-state index contributed by atoms with van der Waals surface area (Å²) in [5.41, 5.74) is 0. The number of carbonyl (C=O) groups excluding carboxylic acids is 1. The predicted octanol–water partition coefficient (Wildman–Crippen LogP) is 0.212. The molecule has 1 aliphatic rings. The van der Waals surface area contributed by atoms with Crippen molar-refractivity contribution in [2.45, 2.75) is 44.9 Å². The minimum absolute atomic E-state index is 0.0758. The lowest BCUT2D eigenvalue weighted by atomic mass is 9.89. The van der Waals surface area contributed by atoms with E-state index in [-0.39, 0.29) is 24.1 Å². The SMILES string of the molecule is CC(C)[C@@H](C(=O)NC1CC(O)C1)N(C)C. The Hall–Kier alpha value is -0.610. The molecule has 0 aromatic carbocycles. The van der Waals surface area contributed by atoms with Gasteiger partial charge in [0.25, 0.3) is 0 Å². The summed E-state index contributed by atoms with van der Waals surface area (Å²) in [5.74, 6) is 0.372. The van der Waals surface area contributed by atoms with Crippen LogP contribution in [-0.4, -0.2) is 48.2 Å². The van der Waals surface area contributed by atoms with Gasteiger partial charge >= 0.3 is 0 Å². The maximum Gasteiger partial charge on any atom is 0.237 e. The first-order valence-corrected chi connectivity index (χ1v) is 5.56. The van der Waals surface area contributed by atoms with Crippen LogP contribution in [0.2, 0.25) is 0 Å². The molecule has 0 aliphatic heterocycles. The van der Waals surface area contributed by atoms with E-state index < -0.39 is 0 Å². The van der Waals surface area contributed by atoms with Gasteiger partial charge in [0.05, 0.1) is 12.1 Å². The molecule has 1 rings (SSSR count). The van der Waals surface area contributed by atoms with Crippen molar-refractivity contribution in [3.05, 3.63) is 0 Å². The first kappa shape index (κ1) is 12.5. The van der Waals surface area contributed by atoms with Crippen molar-refractivity contribution in [1.29, 1.82) is 0 Å². The number of hydrogen-bond acceptors (Lipinski definition) is 3. The number of aliphatic hydroxyl groups excluding tert-OH is 1. The smallest absolute Gasteiger partial charge is 0.237 e. The minimum atomic E-state index is -0.216. The van der Waals surface area contributed by atoms with Gasteiger partial charge in [0.1, 0.15) is 0 Å². The second kappa shape index (κ2) is 4.94. The van der Waals surface area contributed by atoms with E-state index in [9.17, 15) is 4.79 Å². The molecule has 1 saturated carbocycles. The van der Waals surface area contributed by atoms with Crippen LogP contribution < -0.4 is 5.32 Å². The number of carbonyl (C=O) groups is 1. The van der Waals surface area contributed by atoms with Gasteiger partial charge in [-0.3, -0.25) is 9.69 Å². The summed E-state index contributed by atoms with van der Waals surface area (Å²) in [6.45, 7) is 4.08. The summed E-state index contributed by atoms with van der Waals surface area (Å²) in [6, 6.07) is 0.0939. The molecule has 0 aromatic heterocycles. The summed E-state index contributed by atoms with van der Waals surface area (Å²) in [6.07, 6.45) is 1.18. The Bertz CT molecular complexity index is 215. The summed E-state index contributed by atoms with van der Waals surface area (Å²) in [4.78, 5) is 13.8. The molecular weight excluding hydrogens is 192 g/mol. The zero-order chi connectivity index (χ0) is 11.6. The van der Waals surface area contributed by atoms with E-state index >= 15 is 0 Å². The summed E-state index contributed by atoms with van der Waals surface area (Å²) < 4.78 is 0. The third-order valence-corrected chi connectivity index (χ3v) is 2.92. The number of rotatable bonds is 4. The third-order valence-electron chi connectivity index (χ3n) is 2.92. The number of nitrogens with one attached hydrogen (secondary N) is 1. The molecule has 4 nitrogen and oxygen atoms in total.